The van der Waals surface area contributed by atoms with Crippen molar-refractivity contribution in [2.75, 3.05) is 4.90 Å². The predicted molar refractivity (Wildman–Crippen MR) is 166 cm³/mol. The van der Waals surface area contributed by atoms with Crippen molar-refractivity contribution >= 4 is 28.7 Å². The van der Waals surface area contributed by atoms with Crippen LogP contribution in [0.5, 0.6) is 0 Å². The molecule has 4 aromatic carbocycles. The van der Waals surface area contributed by atoms with Gasteiger partial charge < -0.3 is 4.90 Å². The molecule has 1 aliphatic rings. The van der Waals surface area contributed by atoms with E-state index in [1.165, 1.54) is 35.2 Å². The Hall–Kier alpha value is -3.03. The maximum Gasteiger partial charge on any atom is 0.0482 e. The second-order valence-corrected chi connectivity index (χ2v) is 13.6. The summed E-state index contributed by atoms with van der Waals surface area (Å²) in [5, 5.41) is 0.733. The molecule has 196 valence electrons. The summed E-state index contributed by atoms with van der Waals surface area (Å²) in [7, 11) is 0. The average molecular weight is 522 g/mol. The largest absolute Gasteiger partial charge is 0.310 e. The average Bonchev–Trinajstić information content (AvgIpc) is 2.87. The fourth-order valence-electron chi connectivity index (χ4n) is 5.77. The lowest BCUT2D eigenvalue weighted by atomic mass is 9.63. The zero-order valence-corrected chi connectivity index (χ0v) is 24.7. The van der Waals surface area contributed by atoms with Crippen LogP contribution < -0.4 is 4.90 Å². The van der Waals surface area contributed by atoms with Gasteiger partial charge in [-0.25, -0.2) is 0 Å². The van der Waals surface area contributed by atoms with E-state index in [1.807, 2.05) is 6.07 Å². The van der Waals surface area contributed by atoms with Gasteiger partial charge in [-0.2, -0.15) is 0 Å². The first-order chi connectivity index (χ1) is 17.8. The number of hydrogen-bond acceptors (Lipinski definition) is 1. The van der Waals surface area contributed by atoms with Crippen LogP contribution >= 0.6 is 11.6 Å². The van der Waals surface area contributed by atoms with E-state index in [2.05, 4.69) is 138 Å². The van der Waals surface area contributed by atoms with Crippen LogP contribution in [0.2, 0.25) is 5.02 Å². The number of hydrogen-bond donors (Lipinski definition) is 0. The van der Waals surface area contributed by atoms with Crippen LogP contribution in [0.15, 0.2) is 91.0 Å². The molecule has 0 fully saturated rings. The molecule has 2 heteroatoms. The quantitative estimate of drug-likeness (QED) is 0.258. The van der Waals surface area contributed by atoms with Gasteiger partial charge in [0.05, 0.1) is 0 Å². The van der Waals surface area contributed by atoms with Crippen molar-refractivity contribution in [2.24, 2.45) is 0 Å². The summed E-state index contributed by atoms with van der Waals surface area (Å²) >= 11 is 6.78. The number of benzene rings is 4. The van der Waals surface area contributed by atoms with E-state index in [0.717, 1.165) is 27.5 Å². The predicted octanol–water partition coefficient (Wildman–Crippen LogP) is 11.1. The van der Waals surface area contributed by atoms with Crippen molar-refractivity contribution in [1.82, 2.24) is 0 Å². The van der Waals surface area contributed by atoms with Gasteiger partial charge in [0, 0.05) is 22.1 Å². The van der Waals surface area contributed by atoms with E-state index >= 15 is 0 Å². The third kappa shape index (κ3) is 5.14. The monoisotopic (exact) mass is 521 g/mol. The lowest BCUT2D eigenvalue weighted by Gasteiger charge is -2.42. The first-order valence-corrected chi connectivity index (χ1v) is 14.1. The Labute approximate surface area is 234 Å². The molecule has 0 saturated heterocycles. The molecule has 1 nitrogen and oxygen atoms in total. The van der Waals surface area contributed by atoms with Gasteiger partial charge in [0.15, 0.2) is 0 Å². The molecule has 0 radical (unpaired) electrons. The molecule has 0 spiro atoms. The first kappa shape index (κ1) is 26.6. The lowest BCUT2D eigenvalue weighted by Crippen LogP contribution is -2.34. The maximum absolute atomic E-state index is 6.78. The number of halogens is 1. The molecule has 0 heterocycles. The highest BCUT2D eigenvalue weighted by Gasteiger charge is 2.37. The van der Waals surface area contributed by atoms with Gasteiger partial charge in [-0.05, 0) is 99.4 Å². The van der Waals surface area contributed by atoms with Crippen molar-refractivity contribution in [2.45, 2.75) is 77.6 Å². The topological polar surface area (TPSA) is 3.24 Å². The van der Waals surface area contributed by atoms with Crippen molar-refractivity contribution in [1.29, 1.82) is 0 Å². The first-order valence-electron chi connectivity index (χ1n) is 13.8. The van der Waals surface area contributed by atoms with Crippen molar-refractivity contribution < 1.29 is 0 Å². The van der Waals surface area contributed by atoms with Gasteiger partial charge in [-0.1, -0.05) is 109 Å². The van der Waals surface area contributed by atoms with Crippen molar-refractivity contribution in [3.63, 3.8) is 0 Å². The molecule has 0 saturated carbocycles. The molecule has 0 aliphatic heterocycles. The molecule has 5 rings (SSSR count). The lowest BCUT2D eigenvalue weighted by molar-refractivity contribution is 0.332. The zero-order valence-electron chi connectivity index (χ0n) is 23.9. The van der Waals surface area contributed by atoms with Crippen LogP contribution in [0, 0.1) is 0 Å². The molecule has 0 bridgehead atoms. The van der Waals surface area contributed by atoms with E-state index < -0.39 is 0 Å². The van der Waals surface area contributed by atoms with Gasteiger partial charge in [0.2, 0.25) is 0 Å². The molecule has 4 aromatic rings. The summed E-state index contributed by atoms with van der Waals surface area (Å²) in [6, 6.07) is 33.0. The molecule has 38 heavy (non-hydrogen) atoms. The van der Waals surface area contributed by atoms with Crippen LogP contribution in [-0.2, 0) is 16.2 Å². The third-order valence-electron chi connectivity index (χ3n) is 8.33. The molecule has 0 amide bonds. The molecular weight excluding hydrogens is 482 g/mol. The Bertz CT molecular complexity index is 1440. The van der Waals surface area contributed by atoms with E-state index in [4.69, 9.17) is 11.6 Å². The van der Waals surface area contributed by atoms with Gasteiger partial charge in [0.25, 0.3) is 0 Å². The molecule has 0 atom stereocenters. The number of nitrogens with zero attached hydrogens (tertiary/aromatic N) is 1. The Morgan fingerprint density at radius 1 is 0.605 bits per heavy atom. The van der Waals surface area contributed by atoms with Gasteiger partial charge in [-0.3, -0.25) is 0 Å². The van der Waals surface area contributed by atoms with Crippen LogP contribution in [0.25, 0.3) is 11.1 Å². The second kappa shape index (κ2) is 9.62. The highest BCUT2D eigenvalue weighted by Crippen LogP contribution is 2.48. The second-order valence-electron chi connectivity index (χ2n) is 13.2. The summed E-state index contributed by atoms with van der Waals surface area (Å²) in [4.78, 5) is 2.36. The minimum absolute atomic E-state index is 0.0985. The zero-order chi connectivity index (χ0) is 27.3. The Morgan fingerprint density at radius 3 is 1.84 bits per heavy atom. The van der Waals surface area contributed by atoms with E-state index in [9.17, 15) is 0 Å². The van der Waals surface area contributed by atoms with Crippen LogP contribution in [0.3, 0.4) is 0 Å². The number of anilines is 3. The molecule has 0 N–H and O–H groups in total. The standard InChI is InChI=1S/C36H40ClN/c1-34(2,3)27-13-15-29(16-14-27)38(31-22-26(21-28(37)23-31)25-11-9-8-10-12-25)30-17-18-32-33(24-30)36(6,7)20-19-35(32,4)5/h8-18,21-24H,19-20H2,1-7H3. The number of fused-ring (bicyclic) bond motifs is 1. The van der Waals surface area contributed by atoms with Crippen LogP contribution in [0.1, 0.15) is 78.0 Å². The summed E-state index contributed by atoms with van der Waals surface area (Å²) in [5.41, 5.74) is 10.3. The molecular formula is C36H40ClN. The minimum Gasteiger partial charge on any atom is -0.310 e. The Balaban J connectivity index is 1.71. The van der Waals surface area contributed by atoms with Gasteiger partial charge in [-0.15, -0.1) is 0 Å². The van der Waals surface area contributed by atoms with Crippen LogP contribution in [-0.4, -0.2) is 0 Å². The Morgan fingerprint density at radius 2 is 1.21 bits per heavy atom. The fraction of sp³-hybridized carbons (Fsp3) is 0.333. The highest BCUT2D eigenvalue weighted by atomic mass is 35.5. The van der Waals surface area contributed by atoms with Gasteiger partial charge >= 0.3 is 0 Å². The highest BCUT2D eigenvalue weighted by molar-refractivity contribution is 6.31. The molecule has 0 unspecified atom stereocenters. The third-order valence-corrected chi connectivity index (χ3v) is 8.55. The summed E-state index contributed by atoms with van der Waals surface area (Å²) < 4.78 is 0. The fourth-order valence-corrected chi connectivity index (χ4v) is 6.00. The summed E-state index contributed by atoms with van der Waals surface area (Å²) in [6.07, 6.45) is 2.39. The van der Waals surface area contributed by atoms with Crippen molar-refractivity contribution in [3.8, 4) is 11.1 Å². The summed E-state index contributed by atoms with van der Waals surface area (Å²) in [5.74, 6) is 0. The smallest absolute Gasteiger partial charge is 0.0482 e. The maximum atomic E-state index is 6.78. The van der Waals surface area contributed by atoms with Crippen molar-refractivity contribution in [3.05, 3.63) is 113 Å². The van der Waals surface area contributed by atoms with Crippen LogP contribution in [0.4, 0.5) is 17.1 Å². The van der Waals surface area contributed by atoms with E-state index in [0.29, 0.717) is 0 Å². The number of rotatable bonds is 4. The normalized spacial score (nSPS) is 16.1. The van der Waals surface area contributed by atoms with E-state index in [1.54, 1.807) is 0 Å². The SMILES string of the molecule is CC(C)(C)c1ccc(N(c2cc(Cl)cc(-c3ccccc3)c2)c2ccc3c(c2)C(C)(C)CCC3(C)C)cc1. The minimum atomic E-state index is 0.0985. The van der Waals surface area contributed by atoms with Gasteiger partial charge in [0.1, 0.15) is 0 Å². The molecule has 0 aromatic heterocycles. The van der Waals surface area contributed by atoms with E-state index in [-0.39, 0.29) is 16.2 Å². The Kier molecular flexibility index (Phi) is 6.72. The summed E-state index contributed by atoms with van der Waals surface area (Å²) in [6.45, 7) is 16.3. The molecule has 1 aliphatic carbocycles.